The van der Waals surface area contributed by atoms with Crippen LogP contribution in [0.3, 0.4) is 0 Å². The maximum atomic E-state index is 12.8. The van der Waals surface area contributed by atoms with E-state index in [1.54, 1.807) is 29.9 Å². The number of hydrogen-bond donors (Lipinski definition) is 2. The lowest BCUT2D eigenvalue weighted by Crippen LogP contribution is -2.39. The summed E-state index contributed by atoms with van der Waals surface area (Å²) in [6, 6.07) is 9.68. The fourth-order valence-corrected chi connectivity index (χ4v) is 3.94. The summed E-state index contributed by atoms with van der Waals surface area (Å²) in [5, 5.41) is 7.27. The fourth-order valence-electron chi connectivity index (χ4n) is 3.94. The molecule has 0 radical (unpaired) electrons. The molecule has 8 heteroatoms. The van der Waals surface area contributed by atoms with E-state index < -0.39 is 0 Å². The first-order chi connectivity index (χ1) is 14.5. The van der Waals surface area contributed by atoms with Crippen molar-refractivity contribution in [2.75, 3.05) is 25.0 Å². The van der Waals surface area contributed by atoms with Gasteiger partial charge in [-0.1, -0.05) is 12.1 Å². The molecule has 156 valence electrons. The number of carbonyl (C=O) groups is 2. The lowest BCUT2D eigenvalue weighted by molar-refractivity contribution is -0.123. The Morgan fingerprint density at radius 1 is 1.20 bits per heavy atom. The number of benzene rings is 1. The van der Waals surface area contributed by atoms with Gasteiger partial charge in [0.05, 0.1) is 5.69 Å². The Labute approximate surface area is 175 Å². The van der Waals surface area contributed by atoms with E-state index in [4.69, 9.17) is 5.73 Å². The van der Waals surface area contributed by atoms with Gasteiger partial charge in [-0.15, -0.1) is 0 Å². The quantitative estimate of drug-likeness (QED) is 0.652. The topological polar surface area (TPSA) is 106 Å². The molecule has 8 nitrogen and oxygen atoms in total. The van der Waals surface area contributed by atoms with Crippen molar-refractivity contribution in [1.82, 2.24) is 19.5 Å². The average Bonchev–Trinajstić information content (AvgIpc) is 3.09. The van der Waals surface area contributed by atoms with Crippen LogP contribution in [0.25, 0.3) is 5.65 Å². The van der Waals surface area contributed by atoms with Crippen LogP contribution >= 0.6 is 0 Å². The summed E-state index contributed by atoms with van der Waals surface area (Å²) in [6.07, 6.45) is 6.04. The summed E-state index contributed by atoms with van der Waals surface area (Å²) in [5.41, 5.74) is 9.01. The molecule has 0 saturated carbocycles. The number of fused-ring (bicyclic) bond motifs is 1. The first kappa shape index (κ1) is 20.0. The van der Waals surface area contributed by atoms with Gasteiger partial charge >= 0.3 is 0 Å². The molecule has 1 fully saturated rings. The molecular weight excluding hydrogens is 380 g/mol. The molecule has 1 aliphatic rings. The van der Waals surface area contributed by atoms with Crippen molar-refractivity contribution >= 4 is 23.1 Å². The number of aromatic nitrogens is 3. The number of piperidine rings is 1. The van der Waals surface area contributed by atoms with E-state index in [1.165, 1.54) is 5.56 Å². The molecule has 0 unspecified atom stereocenters. The number of primary amides is 1. The molecule has 0 bridgehead atoms. The Kier molecular flexibility index (Phi) is 5.76. The summed E-state index contributed by atoms with van der Waals surface area (Å²) in [6.45, 7) is 4.58. The zero-order chi connectivity index (χ0) is 21.1. The lowest BCUT2D eigenvalue weighted by atomic mass is 9.96. The van der Waals surface area contributed by atoms with Gasteiger partial charge in [-0.2, -0.15) is 5.10 Å². The van der Waals surface area contributed by atoms with Gasteiger partial charge in [0.25, 0.3) is 5.91 Å². The Hall–Kier alpha value is -3.26. The molecule has 4 rings (SSSR count). The Bertz CT molecular complexity index is 1050. The normalized spacial score (nSPS) is 15.4. The molecule has 0 spiro atoms. The number of amides is 2. The van der Waals surface area contributed by atoms with E-state index in [0.29, 0.717) is 16.9 Å². The molecule has 1 saturated heterocycles. The van der Waals surface area contributed by atoms with Crippen LogP contribution in [-0.4, -0.2) is 50.9 Å². The maximum Gasteiger partial charge on any atom is 0.261 e. The molecule has 3 heterocycles. The highest BCUT2D eigenvalue weighted by molar-refractivity contribution is 6.09. The van der Waals surface area contributed by atoms with Gasteiger partial charge in [0.1, 0.15) is 5.56 Å². The number of carbonyl (C=O) groups excluding carboxylic acids is 2. The molecule has 2 aromatic heterocycles. The van der Waals surface area contributed by atoms with E-state index in [1.807, 2.05) is 24.3 Å². The molecule has 2 amide bonds. The van der Waals surface area contributed by atoms with Gasteiger partial charge < -0.3 is 16.0 Å². The van der Waals surface area contributed by atoms with Crippen LogP contribution in [-0.2, 0) is 11.2 Å². The van der Waals surface area contributed by atoms with Gasteiger partial charge in [0.2, 0.25) is 5.91 Å². The minimum Gasteiger partial charge on any atom is -0.369 e. The van der Waals surface area contributed by atoms with Crippen LogP contribution in [0, 0.1) is 12.8 Å². The second kappa shape index (κ2) is 8.62. The molecule has 3 N–H and O–H groups in total. The van der Waals surface area contributed by atoms with E-state index in [-0.39, 0.29) is 17.7 Å². The zero-order valence-electron chi connectivity index (χ0n) is 17.0. The minimum absolute atomic E-state index is 0.0242. The highest BCUT2D eigenvalue weighted by Gasteiger charge is 2.22. The van der Waals surface area contributed by atoms with Crippen molar-refractivity contribution in [3.63, 3.8) is 0 Å². The van der Waals surface area contributed by atoms with Crippen molar-refractivity contribution in [2.24, 2.45) is 11.7 Å². The van der Waals surface area contributed by atoms with Gasteiger partial charge in [-0.05, 0) is 63.0 Å². The predicted molar refractivity (Wildman–Crippen MR) is 114 cm³/mol. The van der Waals surface area contributed by atoms with Crippen molar-refractivity contribution in [2.45, 2.75) is 26.2 Å². The summed E-state index contributed by atoms with van der Waals surface area (Å²) in [4.78, 5) is 30.7. The lowest BCUT2D eigenvalue weighted by Gasteiger charge is -2.30. The molecule has 30 heavy (non-hydrogen) atoms. The van der Waals surface area contributed by atoms with Crippen LogP contribution in [0.2, 0.25) is 0 Å². The highest BCUT2D eigenvalue weighted by atomic mass is 16.2. The second-order valence-electron chi connectivity index (χ2n) is 7.77. The largest absolute Gasteiger partial charge is 0.369 e. The summed E-state index contributed by atoms with van der Waals surface area (Å²) in [7, 11) is 0. The summed E-state index contributed by atoms with van der Waals surface area (Å²) < 4.78 is 1.61. The number of rotatable bonds is 6. The van der Waals surface area contributed by atoms with Crippen LogP contribution < -0.4 is 11.1 Å². The van der Waals surface area contributed by atoms with Crippen molar-refractivity contribution in [3.05, 3.63) is 59.5 Å². The van der Waals surface area contributed by atoms with Crippen LogP contribution in [0.5, 0.6) is 0 Å². The first-order valence-electron chi connectivity index (χ1n) is 10.2. The second-order valence-corrected chi connectivity index (χ2v) is 7.77. The van der Waals surface area contributed by atoms with E-state index in [0.717, 1.165) is 44.6 Å². The Balaban J connectivity index is 1.33. The van der Waals surface area contributed by atoms with Gasteiger partial charge in [0, 0.05) is 30.5 Å². The number of likely N-dealkylation sites (tertiary alicyclic amines) is 1. The predicted octanol–water partition coefficient (Wildman–Crippen LogP) is 2.03. The van der Waals surface area contributed by atoms with E-state index in [9.17, 15) is 9.59 Å². The molecule has 1 aliphatic heterocycles. The van der Waals surface area contributed by atoms with Gasteiger partial charge in [-0.3, -0.25) is 9.59 Å². The molecule has 3 aromatic rings. The fraction of sp³-hybridized carbons (Fsp3) is 0.364. The van der Waals surface area contributed by atoms with Crippen LogP contribution in [0.1, 0.15) is 34.5 Å². The first-order valence-corrected chi connectivity index (χ1v) is 10.2. The molecule has 1 aromatic carbocycles. The number of anilines is 1. The Morgan fingerprint density at radius 2 is 1.93 bits per heavy atom. The third-order valence-corrected chi connectivity index (χ3v) is 5.72. The van der Waals surface area contributed by atoms with Crippen molar-refractivity contribution < 1.29 is 9.59 Å². The average molecular weight is 406 g/mol. The van der Waals surface area contributed by atoms with Crippen molar-refractivity contribution in [3.8, 4) is 0 Å². The van der Waals surface area contributed by atoms with Gasteiger partial charge in [-0.25, -0.2) is 9.50 Å². The van der Waals surface area contributed by atoms with Crippen LogP contribution in [0.15, 0.2) is 42.7 Å². The molecule has 0 atom stereocenters. The van der Waals surface area contributed by atoms with E-state index >= 15 is 0 Å². The van der Waals surface area contributed by atoms with E-state index in [2.05, 4.69) is 20.3 Å². The van der Waals surface area contributed by atoms with Gasteiger partial charge in [0.15, 0.2) is 5.65 Å². The molecular formula is C22H26N6O2. The third kappa shape index (κ3) is 4.33. The standard InChI is InChI=1S/C22H26N6O2/c1-15-19(21-24-10-2-11-28(21)26-15)22(30)25-18-5-3-16(4-6-18)7-12-27-13-8-17(9-14-27)20(23)29/h2-6,10-11,17H,7-9,12-14H2,1H3,(H2,23,29)(H,25,30). The third-order valence-electron chi connectivity index (χ3n) is 5.72. The SMILES string of the molecule is Cc1nn2cccnc2c1C(=O)Nc1ccc(CCN2CCC(C(N)=O)CC2)cc1. The number of nitrogens with two attached hydrogens (primary N) is 1. The number of nitrogens with zero attached hydrogens (tertiary/aromatic N) is 4. The summed E-state index contributed by atoms with van der Waals surface area (Å²) >= 11 is 0. The molecule has 0 aliphatic carbocycles. The highest BCUT2D eigenvalue weighted by Crippen LogP contribution is 2.19. The number of nitrogens with one attached hydrogen (secondary N) is 1. The summed E-state index contributed by atoms with van der Waals surface area (Å²) in [5.74, 6) is -0.371. The monoisotopic (exact) mass is 406 g/mol. The number of aryl methyl sites for hydroxylation is 1. The smallest absolute Gasteiger partial charge is 0.261 e. The maximum absolute atomic E-state index is 12.8. The zero-order valence-corrected chi connectivity index (χ0v) is 17.0. The minimum atomic E-state index is -0.216. The Morgan fingerprint density at radius 3 is 2.63 bits per heavy atom. The van der Waals surface area contributed by atoms with Crippen molar-refractivity contribution in [1.29, 1.82) is 0 Å². The van der Waals surface area contributed by atoms with Crippen LogP contribution in [0.4, 0.5) is 5.69 Å². The number of hydrogen-bond acceptors (Lipinski definition) is 5.